The van der Waals surface area contributed by atoms with Crippen LogP contribution < -0.4 is 5.32 Å². The van der Waals surface area contributed by atoms with Crippen LogP contribution in [0.5, 0.6) is 0 Å². The highest BCUT2D eigenvalue weighted by molar-refractivity contribution is 7.83. The van der Waals surface area contributed by atoms with Gasteiger partial charge in [-0.15, -0.1) is 0 Å². The van der Waals surface area contributed by atoms with Gasteiger partial charge in [0, 0.05) is 52.0 Å². The fraction of sp³-hybridized carbons (Fsp3) is 0.267. The molecule has 1 aromatic heterocycles. The first-order valence-electron chi connectivity index (χ1n) is 6.29. The largest absolute Gasteiger partial charge is 0.381 e. The minimum absolute atomic E-state index is 0.472. The summed E-state index contributed by atoms with van der Waals surface area (Å²) in [5, 5.41) is 4.00. The summed E-state index contributed by atoms with van der Waals surface area (Å²) in [5.74, 6) is 0.472. The van der Waals surface area contributed by atoms with Crippen LogP contribution in [0, 0.1) is 6.92 Å². The van der Waals surface area contributed by atoms with Crippen molar-refractivity contribution in [1.82, 2.24) is 4.98 Å². The van der Waals surface area contributed by atoms with Crippen LogP contribution in [0.25, 0.3) is 0 Å². The second-order valence-corrected chi connectivity index (χ2v) is 6.47. The number of pyridine rings is 1. The minimum atomic E-state index is -0.901. The van der Waals surface area contributed by atoms with E-state index in [0.717, 1.165) is 22.5 Å². The lowest BCUT2D eigenvalue weighted by molar-refractivity contribution is 0.686. The lowest BCUT2D eigenvalue weighted by Gasteiger charge is -2.10. The molecule has 1 heterocycles. The van der Waals surface area contributed by atoms with E-state index in [4.69, 9.17) is 11.6 Å². The average Bonchev–Trinajstić information content (AvgIpc) is 2.40. The van der Waals surface area contributed by atoms with Gasteiger partial charge in [-0.3, -0.25) is 9.19 Å². The molecule has 1 aromatic carbocycles. The zero-order chi connectivity index (χ0) is 14.5. The summed E-state index contributed by atoms with van der Waals surface area (Å²) in [6.07, 6.45) is 3.46. The normalized spacial score (nSPS) is 12.2. The van der Waals surface area contributed by atoms with Crippen molar-refractivity contribution in [2.45, 2.75) is 19.2 Å². The first kappa shape index (κ1) is 15.0. The Bertz CT molecular complexity index is 631. The Morgan fingerprint density at radius 1 is 1.30 bits per heavy atom. The third kappa shape index (κ3) is 4.05. The Morgan fingerprint density at radius 2 is 2.10 bits per heavy atom. The highest BCUT2D eigenvalue weighted by Gasteiger charge is 2.05. The van der Waals surface area contributed by atoms with E-state index in [1.54, 1.807) is 12.5 Å². The number of aromatic nitrogens is 1. The summed E-state index contributed by atoms with van der Waals surface area (Å²) < 4.78 is 11.3. The molecule has 2 aromatic rings. The van der Waals surface area contributed by atoms with Crippen molar-refractivity contribution in [3.05, 3.63) is 58.4 Å². The molecule has 1 unspecified atom stereocenters. The molecule has 0 saturated carbocycles. The van der Waals surface area contributed by atoms with E-state index in [2.05, 4.69) is 10.3 Å². The molecule has 0 aliphatic carbocycles. The van der Waals surface area contributed by atoms with Crippen molar-refractivity contribution in [3.63, 3.8) is 0 Å². The molecule has 20 heavy (non-hydrogen) atoms. The Kier molecular flexibility index (Phi) is 5.15. The van der Waals surface area contributed by atoms with E-state index in [0.29, 0.717) is 17.3 Å². The fourth-order valence-corrected chi connectivity index (χ4v) is 2.86. The average molecular weight is 309 g/mol. The van der Waals surface area contributed by atoms with Crippen molar-refractivity contribution in [3.8, 4) is 0 Å². The minimum Gasteiger partial charge on any atom is -0.381 e. The van der Waals surface area contributed by atoms with Crippen LogP contribution in [0.2, 0.25) is 5.02 Å². The molecular formula is C15H17ClN2OS. The van der Waals surface area contributed by atoms with E-state index in [-0.39, 0.29) is 0 Å². The molecule has 0 spiro atoms. The third-order valence-corrected chi connectivity index (χ3v) is 4.09. The Balaban J connectivity index is 2.10. The van der Waals surface area contributed by atoms with Crippen molar-refractivity contribution in [2.24, 2.45) is 0 Å². The molecule has 1 atom stereocenters. The van der Waals surface area contributed by atoms with Crippen LogP contribution in [0.15, 0.2) is 36.5 Å². The molecule has 2 rings (SSSR count). The zero-order valence-electron chi connectivity index (χ0n) is 11.5. The van der Waals surface area contributed by atoms with Gasteiger partial charge in [0.15, 0.2) is 0 Å². The van der Waals surface area contributed by atoms with Crippen molar-refractivity contribution >= 4 is 28.1 Å². The number of rotatable bonds is 5. The molecule has 0 aliphatic rings. The predicted octanol–water partition coefficient (Wildman–Crippen LogP) is 3.53. The third-order valence-electron chi connectivity index (χ3n) is 3.00. The maximum atomic E-state index is 11.3. The number of nitrogens with zero attached hydrogens (tertiary/aromatic N) is 1. The topological polar surface area (TPSA) is 42.0 Å². The summed E-state index contributed by atoms with van der Waals surface area (Å²) in [6.45, 7) is 2.69. The second-order valence-electron chi connectivity index (χ2n) is 4.63. The monoisotopic (exact) mass is 308 g/mol. The van der Waals surface area contributed by atoms with E-state index < -0.39 is 10.8 Å². The first-order chi connectivity index (χ1) is 9.56. The van der Waals surface area contributed by atoms with E-state index in [9.17, 15) is 4.21 Å². The molecule has 0 saturated heterocycles. The number of hydrogen-bond acceptors (Lipinski definition) is 3. The van der Waals surface area contributed by atoms with Crippen molar-refractivity contribution in [2.75, 3.05) is 11.6 Å². The number of anilines is 1. The molecule has 0 amide bonds. The second kappa shape index (κ2) is 6.86. The number of hydrogen-bond donors (Lipinski definition) is 1. The summed E-state index contributed by atoms with van der Waals surface area (Å²) >= 11 is 6.11. The fourth-order valence-electron chi connectivity index (χ4n) is 1.92. The highest BCUT2D eigenvalue weighted by atomic mass is 35.5. The van der Waals surface area contributed by atoms with Gasteiger partial charge in [-0.25, -0.2) is 0 Å². The maximum absolute atomic E-state index is 11.3. The van der Waals surface area contributed by atoms with Crippen molar-refractivity contribution in [1.29, 1.82) is 0 Å². The van der Waals surface area contributed by atoms with E-state index >= 15 is 0 Å². The van der Waals surface area contributed by atoms with Crippen LogP contribution in [-0.4, -0.2) is 15.4 Å². The zero-order valence-corrected chi connectivity index (χ0v) is 13.1. The van der Waals surface area contributed by atoms with E-state index in [1.165, 1.54) is 0 Å². The SMILES string of the molecule is Cc1ncccc1CNc1ccc(Cl)c(CS(C)=O)c1. The predicted molar refractivity (Wildman–Crippen MR) is 85.5 cm³/mol. The smallest absolute Gasteiger partial charge is 0.0498 e. The van der Waals surface area contributed by atoms with Gasteiger partial charge >= 0.3 is 0 Å². The van der Waals surface area contributed by atoms with Crippen LogP contribution in [-0.2, 0) is 23.1 Å². The maximum Gasteiger partial charge on any atom is 0.0498 e. The van der Waals surface area contributed by atoms with Gasteiger partial charge in [0.05, 0.1) is 0 Å². The highest BCUT2D eigenvalue weighted by Crippen LogP contribution is 2.22. The first-order valence-corrected chi connectivity index (χ1v) is 8.39. The Morgan fingerprint density at radius 3 is 2.80 bits per heavy atom. The van der Waals surface area contributed by atoms with E-state index in [1.807, 2.05) is 37.3 Å². The molecule has 0 radical (unpaired) electrons. The summed E-state index contributed by atoms with van der Waals surface area (Å²) in [7, 11) is -0.901. The molecule has 0 bridgehead atoms. The molecule has 0 fully saturated rings. The quantitative estimate of drug-likeness (QED) is 0.918. The van der Waals surface area contributed by atoms with Gasteiger partial charge in [0.1, 0.15) is 0 Å². The summed E-state index contributed by atoms with van der Waals surface area (Å²) in [6, 6.07) is 9.69. The molecule has 3 nitrogen and oxygen atoms in total. The van der Waals surface area contributed by atoms with Crippen LogP contribution >= 0.6 is 11.6 Å². The van der Waals surface area contributed by atoms with Gasteiger partial charge in [0.2, 0.25) is 0 Å². The molecule has 1 N–H and O–H groups in total. The lowest BCUT2D eigenvalue weighted by Crippen LogP contribution is -2.03. The van der Waals surface area contributed by atoms with Gasteiger partial charge in [-0.1, -0.05) is 17.7 Å². The molecule has 0 aliphatic heterocycles. The van der Waals surface area contributed by atoms with Gasteiger partial charge < -0.3 is 5.32 Å². The number of aryl methyl sites for hydroxylation is 1. The van der Waals surface area contributed by atoms with Crippen LogP contribution in [0.4, 0.5) is 5.69 Å². The molecular weight excluding hydrogens is 292 g/mol. The van der Waals surface area contributed by atoms with Gasteiger partial charge in [-0.05, 0) is 42.3 Å². The van der Waals surface area contributed by atoms with Crippen LogP contribution in [0.1, 0.15) is 16.8 Å². The number of benzene rings is 1. The van der Waals surface area contributed by atoms with Gasteiger partial charge in [-0.2, -0.15) is 0 Å². The molecule has 5 heteroatoms. The summed E-state index contributed by atoms with van der Waals surface area (Å²) in [4.78, 5) is 4.26. The lowest BCUT2D eigenvalue weighted by atomic mass is 10.2. The number of nitrogens with one attached hydrogen (secondary N) is 1. The standard InChI is InChI=1S/C15H17ClN2OS/c1-11-12(4-3-7-17-11)9-18-14-5-6-15(16)13(8-14)10-20(2)19/h3-8,18H,9-10H2,1-2H3. The van der Waals surface area contributed by atoms with Crippen LogP contribution in [0.3, 0.4) is 0 Å². The number of halogens is 1. The Hall–Kier alpha value is -1.39. The molecule has 106 valence electrons. The van der Waals surface area contributed by atoms with Gasteiger partial charge in [0.25, 0.3) is 0 Å². The Labute approximate surface area is 126 Å². The summed E-state index contributed by atoms with van der Waals surface area (Å²) in [5.41, 5.74) is 4.05. The van der Waals surface area contributed by atoms with Crippen molar-refractivity contribution < 1.29 is 4.21 Å².